The number of amides is 1. The highest BCUT2D eigenvalue weighted by Gasteiger charge is 2.15. The van der Waals surface area contributed by atoms with Gasteiger partial charge in [0.15, 0.2) is 0 Å². The summed E-state index contributed by atoms with van der Waals surface area (Å²) in [5, 5.41) is 7.13. The Balaban J connectivity index is 2.00. The van der Waals surface area contributed by atoms with Crippen molar-refractivity contribution in [1.82, 2.24) is 10.5 Å². The number of aryl methyl sites for hydroxylation is 2. The standard InChI is InChI=1S/C21H30N2O2S/c1-5-7-10-17(6-2)13-22-21(24)18-11-8-9-12-20(18)26-14-19-15(3)23-25-16(19)4/h8-9,11-12,17H,5-7,10,13-14H2,1-4H3,(H,22,24). The largest absolute Gasteiger partial charge is 0.361 e. The molecule has 1 aromatic carbocycles. The van der Waals surface area contributed by atoms with Gasteiger partial charge in [-0.05, 0) is 38.3 Å². The maximum atomic E-state index is 12.7. The topological polar surface area (TPSA) is 55.1 Å². The summed E-state index contributed by atoms with van der Waals surface area (Å²) < 4.78 is 5.23. The van der Waals surface area contributed by atoms with Gasteiger partial charge >= 0.3 is 0 Å². The smallest absolute Gasteiger partial charge is 0.252 e. The highest BCUT2D eigenvalue weighted by atomic mass is 32.2. The van der Waals surface area contributed by atoms with Crippen LogP contribution in [0.15, 0.2) is 33.7 Å². The first-order valence-electron chi connectivity index (χ1n) is 9.48. The second kappa shape index (κ2) is 10.4. The number of nitrogens with one attached hydrogen (secondary N) is 1. The molecule has 1 aromatic heterocycles. The second-order valence-electron chi connectivity index (χ2n) is 6.71. The van der Waals surface area contributed by atoms with Gasteiger partial charge in [0.1, 0.15) is 5.76 Å². The van der Waals surface area contributed by atoms with E-state index in [1.165, 1.54) is 19.3 Å². The molecule has 5 heteroatoms. The normalized spacial score (nSPS) is 12.2. The average Bonchev–Trinajstić information content (AvgIpc) is 2.98. The average molecular weight is 375 g/mol. The fourth-order valence-electron chi connectivity index (χ4n) is 2.91. The van der Waals surface area contributed by atoms with Gasteiger partial charge in [0.2, 0.25) is 0 Å². The zero-order chi connectivity index (χ0) is 18.9. The van der Waals surface area contributed by atoms with Gasteiger partial charge in [-0.3, -0.25) is 4.79 Å². The number of nitrogens with zero attached hydrogens (tertiary/aromatic N) is 1. The molecule has 0 aliphatic rings. The van der Waals surface area contributed by atoms with Crippen LogP contribution < -0.4 is 5.32 Å². The Hall–Kier alpha value is -1.75. The Morgan fingerprint density at radius 2 is 2.04 bits per heavy atom. The molecule has 0 bridgehead atoms. The maximum Gasteiger partial charge on any atom is 0.252 e. The van der Waals surface area contributed by atoms with Crippen molar-refractivity contribution < 1.29 is 9.32 Å². The summed E-state index contributed by atoms with van der Waals surface area (Å²) >= 11 is 1.65. The van der Waals surface area contributed by atoms with Crippen LogP contribution in [0, 0.1) is 19.8 Å². The first-order chi connectivity index (χ1) is 12.6. The third-order valence-corrected chi connectivity index (χ3v) is 5.88. The van der Waals surface area contributed by atoms with Gasteiger partial charge in [0.05, 0.1) is 11.3 Å². The molecule has 2 aromatic rings. The van der Waals surface area contributed by atoms with Crippen molar-refractivity contribution in [3.8, 4) is 0 Å². The Labute approximate surface area is 161 Å². The number of hydrogen-bond donors (Lipinski definition) is 1. The molecule has 0 radical (unpaired) electrons. The van der Waals surface area contributed by atoms with Crippen LogP contribution in [-0.4, -0.2) is 17.6 Å². The molecule has 0 aliphatic carbocycles. The van der Waals surface area contributed by atoms with Crippen LogP contribution in [0.2, 0.25) is 0 Å². The van der Waals surface area contributed by atoms with Crippen LogP contribution >= 0.6 is 11.8 Å². The molecule has 1 amide bonds. The number of aromatic nitrogens is 1. The van der Waals surface area contributed by atoms with Crippen molar-refractivity contribution in [3.05, 3.63) is 46.8 Å². The number of carbonyl (C=O) groups is 1. The summed E-state index contributed by atoms with van der Waals surface area (Å²) in [7, 11) is 0. The number of thioether (sulfide) groups is 1. The lowest BCUT2D eigenvalue weighted by molar-refractivity contribution is 0.0943. The van der Waals surface area contributed by atoms with Crippen molar-refractivity contribution in [3.63, 3.8) is 0 Å². The van der Waals surface area contributed by atoms with Crippen LogP contribution in [0.4, 0.5) is 0 Å². The minimum atomic E-state index is 0.0156. The van der Waals surface area contributed by atoms with Crippen molar-refractivity contribution >= 4 is 17.7 Å². The number of carbonyl (C=O) groups excluding carboxylic acids is 1. The SMILES string of the molecule is CCCCC(CC)CNC(=O)c1ccccc1SCc1c(C)noc1C. The molecule has 2 rings (SSSR count). The molecular weight excluding hydrogens is 344 g/mol. The van der Waals surface area contributed by atoms with Crippen LogP contribution in [0.25, 0.3) is 0 Å². The molecule has 0 saturated heterocycles. The molecule has 1 heterocycles. The van der Waals surface area contributed by atoms with Crippen molar-refractivity contribution in [1.29, 1.82) is 0 Å². The Morgan fingerprint density at radius 1 is 1.27 bits per heavy atom. The molecule has 1 atom stereocenters. The molecule has 0 saturated carbocycles. The van der Waals surface area contributed by atoms with E-state index < -0.39 is 0 Å². The molecule has 142 valence electrons. The first-order valence-corrected chi connectivity index (χ1v) is 10.5. The summed E-state index contributed by atoms with van der Waals surface area (Å²) in [5.74, 6) is 2.17. The maximum absolute atomic E-state index is 12.7. The lowest BCUT2D eigenvalue weighted by atomic mass is 9.99. The van der Waals surface area contributed by atoms with Gasteiger partial charge < -0.3 is 9.84 Å². The zero-order valence-corrected chi connectivity index (χ0v) is 17.1. The molecule has 4 nitrogen and oxygen atoms in total. The summed E-state index contributed by atoms with van der Waals surface area (Å²) in [6, 6.07) is 7.80. The molecule has 26 heavy (non-hydrogen) atoms. The Bertz CT molecular complexity index is 692. The van der Waals surface area contributed by atoms with E-state index in [9.17, 15) is 4.79 Å². The quantitative estimate of drug-likeness (QED) is 0.556. The minimum absolute atomic E-state index is 0.0156. The molecule has 0 spiro atoms. The van der Waals surface area contributed by atoms with E-state index in [0.717, 1.165) is 46.2 Å². The van der Waals surface area contributed by atoms with Crippen LogP contribution in [-0.2, 0) is 5.75 Å². The highest BCUT2D eigenvalue weighted by molar-refractivity contribution is 7.98. The van der Waals surface area contributed by atoms with Gasteiger partial charge in [-0.1, -0.05) is 50.4 Å². The van der Waals surface area contributed by atoms with E-state index in [1.54, 1.807) is 11.8 Å². The number of benzene rings is 1. The monoisotopic (exact) mass is 374 g/mol. The van der Waals surface area contributed by atoms with Crippen molar-refractivity contribution in [2.24, 2.45) is 5.92 Å². The predicted molar refractivity (Wildman–Crippen MR) is 108 cm³/mol. The van der Waals surface area contributed by atoms with Crippen molar-refractivity contribution in [2.75, 3.05) is 6.54 Å². The predicted octanol–water partition coefficient (Wildman–Crippen LogP) is 5.53. The number of unbranched alkanes of at least 4 members (excludes halogenated alkanes) is 1. The van der Waals surface area contributed by atoms with Gasteiger partial charge in [-0.15, -0.1) is 11.8 Å². The van der Waals surface area contributed by atoms with E-state index in [-0.39, 0.29) is 5.91 Å². The van der Waals surface area contributed by atoms with Crippen LogP contribution in [0.1, 0.15) is 66.9 Å². The number of rotatable bonds is 10. The molecule has 0 aliphatic heterocycles. The highest BCUT2D eigenvalue weighted by Crippen LogP contribution is 2.28. The van der Waals surface area contributed by atoms with Crippen LogP contribution in [0.5, 0.6) is 0 Å². The van der Waals surface area contributed by atoms with E-state index in [4.69, 9.17) is 4.52 Å². The van der Waals surface area contributed by atoms with E-state index in [0.29, 0.717) is 5.92 Å². The lowest BCUT2D eigenvalue weighted by Crippen LogP contribution is -2.29. The Kier molecular flexibility index (Phi) is 8.23. The van der Waals surface area contributed by atoms with Gasteiger partial charge in [0.25, 0.3) is 5.91 Å². The molecule has 1 unspecified atom stereocenters. The second-order valence-corrected chi connectivity index (χ2v) is 7.73. The first kappa shape index (κ1) is 20.6. The van der Waals surface area contributed by atoms with E-state index in [2.05, 4.69) is 24.3 Å². The lowest BCUT2D eigenvalue weighted by Gasteiger charge is -2.16. The zero-order valence-electron chi connectivity index (χ0n) is 16.3. The number of hydrogen-bond acceptors (Lipinski definition) is 4. The summed E-state index contributed by atoms with van der Waals surface area (Å²) in [4.78, 5) is 13.7. The third-order valence-electron chi connectivity index (χ3n) is 4.78. The Morgan fingerprint density at radius 3 is 2.69 bits per heavy atom. The summed E-state index contributed by atoms with van der Waals surface area (Å²) in [6.07, 6.45) is 4.70. The summed E-state index contributed by atoms with van der Waals surface area (Å²) in [5.41, 5.74) is 2.77. The molecule has 0 fully saturated rings. The van der Waals surface area contributed by atoms with Gasteiger partial charge in [-0.2, -0.15) is 0 Å². The van der Waals surface area contributed by atoms with E-state index >= 15 is 0 Å². The van der Waals surface area contributed by atoms with Gasteiger partial charge in [-0.25, -0.2) is 0 Å². The fourth-order valence-corrected chi connectivity index (χ4v) is 4.12. The van der Waals surface area contributed by atoms with Crippen LogP contribution in [0.3, 0.4) is 0 Å². The van der Waals surface area contributed by atoms with E-state index in [1.807, 2.05) is 38.1 Å². The van der Waals surface area contributed by atoms with Crippen molar-refractivity contribution in [2.45, 2.75) is 64.0 Å². The summed E-state index contributed by atoms with van der Waals surface area (Å²) in [6.45, 7) is 9.03. The van der Waals surface area contributed by atoms with Gasteiger partial charge in [0, 0.05) is 22.8 Å². The molecule has 1 N–H and O–H groups in total. The minimum Gasteiger partial charge on any atom is -0.361 e. The molecular formula is C21H30N2O2S. The third kappa shape index (κ3) is 5.63. The fraction of sp³-hybridized carbons (Fsp3) is 0.524.